The summed E-state index contributed by atoms with van der Waals surface area (Å²) < 4.78 is 73.5. The molecule has 0 saturated carbocycles. The first-order chi connectivity index (χ1) is 21.5. The van der Waals surface area contributed by atoms with Gasteiger partial charge in [0.15, 0.2) is 0 Å². The lowest BCUT2D eigenvalue weighted by Gasteiger charge is -2.19. The lowest BCUT2D eigenvalue weighted by Crippen LogP contribution is -2.44. The van der Waals surface area contributed by atoms with Crippen LogP contribution in [0.5, 0.6) is 0 Å². The molecule has 0 amide bonds. The van der Waals surface area contributed by atoms with E-state index in [1.165, 1.54) is 89.9 Å². The zero-order valence-electron chi connectivity index (χ0n) is 23.0. The van der Waals surface area contributed by atoms with Gasteiger partial charge in [-0.1, -0.05) is 78.9 Å². The molecule has 2 atom stereocenters. The maximum absolute atomic E-state index is 16.1. The molecule has 0 saturated heterocycles. The fourth-order valence-electron chi connectivity index (χ4n) is 4.75. The van der Waals surface area contributed by atoms with Gasteiger partial charge in [-0.25, -0.2) is 18.1 Å². The zero-order chi connectivity index (χ0) is 32.3. The molecule has 2 heterocycles. The molecule has 2 unspecified atom stereocenters. The number of alkyl halides is 5. The molecule has 230 valence electrons. The Balaban J connectivity index is 1.63. The Kier molecular flexibility index (Phi) is 8.57. The second-order valence-electron chi connectivity index (χ2n) is 9.77. The van der Waals surface area contributed by atoms with Crippen LogP contribution >= 0.6 is 0 Å². The standard InChI is InChI=1S/C31H22F5N5O4/c32-27(21-9-3-1-4-10-21)39-25(26(41(44)45)29(42)40(30(39)43)28(33)22-11-5-2-6-12-22)16-15-20-17-37-38(18-20)19-23-13-7-8-14-24(23)31(34,35)36/h1-18,27-28H,19H2/b16-15+. The summed E-state index contributed by atoms with van der Waals surface area (Å²) in [6, 6.07) is 18.9. The summed E-state index contributed by atoms with van der Waals surface area (Å²) in [7, 11) is 0. The molecular weight excluding hydrogens is 601 g/mol. The highest BCUT2D eigenvalue weighted by Crippen LogP contribution is 2.32. The summed E-state index contributed by atoms with van der Waals surface area (Å²) in [5.41, 5.74) is -6.13. The van der Waals surface area contributed by atoms with Crippen LogP contribution in [0.2, 0.25) is 0 Å². The summed E-state index contributed by atoms with van der Waals surface area (Å²) >= 11 is 0. The third-order valence-electron chi connectivity index (χ3n) is 6.86. The number of halogens is 5. The highest BCUT2D eigenvalue weighted by atomic mass is 19.4. The molecule has 9 nitrogen and oxygen atoms in total. The highest BCUT2D eigenvalue weighted by molar-refractivity contribution is 5.71. The minimum Gasteiger partial charge on any atom is -0.268 e. The van der Waals surface area contributed by atoms with Crippen molar-refractivity contribution in [3.63, 3.8) is 0 Å². The average molecular weight is 624 g/mol. The molecule has 0 N–H and O–H groups in total. The van der Waals surface area contributed by atoms with Crippen LogP contribution in [0.1, 0.15) is 46.1 Å². The van der Waals surface area contributed by atoms with Crippen molar-refractivity contribution in [2.45, 2.75) is 25.3 Å². The molecule has 14 heteroatoms. The first-order valence-corrected chi connectivity index (χ1v) is 13.3. The third kappa shape index (κ3) is 6.34. The van der Waals surface area contributed by atoms with E-state index in [0.717, 1.165) is 12.1 Å². The molecule has 2 aromatic heterocycles. The first kappa shape index (κ1) is 30.8. The van der Waals surface area contributed by atoms with Gasteiger partial charge in [0, 0.05) is 22.9 Å². The number of hydrogen-bond acceptors (Lipinski definition) is 5. The molecule has 5 rings (SSSR count). The maximum Gasteiger partial charge on any atom is 0.416 e. The molecular formula is C31H22F5N5O4. The Morgan fingerprint density at radius 1 is 0.822 bits per heavy atom. The molecule has 45 heavy (non-hydrogen) atoms. The van der Waals surface area contributed by atoms with Gasteiger partial charge in [-0.3, -0.25) is 24.2 Å². The van der Waals surface area contributed by atoms with Crippen LogP contribution in [-0.2, 0) is 12.7 Å². The van der Waals surface area contributed by atoms with Crippen molar-refractivity contribution in [2.24, 2.45) is 0 Å². The maximum atomic E-state index is 16.1. The number of nitrogens with zero attached hydrogens (tertiary/aromatic N) is 5. The van der Waals surface area contributed by atoms with E-state index >= 15 is 8.78 Å². The molecule has 0 aliphatic heterocycles. The molecule has 5 aromatic rings. The van der Waals surface area contributed by atoms with Crippen molar-refractivity contribution in [2.75, 3.05) is 0 Å². The fraction of sp³-hybridized carbons (Fsp3) is 0.129. The first-order valence-electron chi connectivity index (χ1n) is 13.3. The molecule has 0 aliphatic rings. The van der Waals surface area contributed by atoms with Crippen LogP contribution in [0.3, 0.4) is 0 Å². The Hall–Kier alpha value is -5.66. The minimum absolute atomic E-state index is 0.0174. The van der Waals surface area contributed by atoms with E-state index in [2.05, 4.69) is 5.10 Å². The van der Waals surface area contributed by atoms with Gasteiger partial charge in [0.2, 0.25) is 12.6 Å². The van der Waals surface area contributed by atoms with E-state index in [-0.39, 0.29) is 33.4 Å². The van der Waals surface area contributed by atoms with Gasteiger partial charge < -0.3 is 0 Å². The third-order valence-corrected chi connectivity index (χ3v) is 6.86. The smallest absolute Gasteiger partial charge is 0.268 e. The average Bonchev–Trinajstić information content (AvgIpc) is 3.47. The predicted octanol–water partition coefficient (Wildman–Crippen LogP) is 6.39. The minimum atomic E-state index is -4.60. The number of aromatic nitrogens is 4. The molecule has 0 aliphatic carbocycles. The van der Waals surface area contributed by atoms with Gasteiger partial charge in [0.05, 0.1) is 23.2 Å². The van der Waals surface area contributed by atoms with Crippen LogP contribution in [0.25, 0.3) is 12.2 Å². The van der Waals surface area contributed by atoms with Crippen molar-refractivity contribution >= 4 is 17.8 Å². The quantitative estimate of drug-likeness (QED) is 0.108. The SMILES string of the molecule is O=c1c([N+](=O)[O-])c(/C=C/c2cnn(Cc3ccccc3C(F)(F)F)c2)n(C(F)c2ccccc2)c(=O)n1C(F)c1ccccc1. The van der Waals surface area contributed by atoms with Crippen molar-refractivity contribution in [1.29, 1.82) is 0 Å². The Morgan fingerprint density at radius 3 is 1.96 bits per heavy atom. The molecule has 0 spiro atoms. The van der Waals surface area contributed by atoms with Crippen molar-refractivity contribution in [1.82, 2.24) is 18.9 Å². The summed E-state index contributed by atoms with van der Waals surface area (Å²) in [4.78, 5) is 38.0. The van der Waals surface area contributed by atoms with Gasteiger partial charge >= 0.3 is 23.1 Å². The topological polar surface area (TPSA) is 105 Å². The molecule has 0 radical (unpaired) electrons. The fourth-order valence-corrected chi connectivity index (χ4v) is 4.75. The zero-order valence-corrected chi connectivity index (χ0v) is 23.0. The molecule has 3 aromatic carbocycles. The van der Waals surface area contributed by atoms with Crippen molar-refractivity contribution in [3.05, 3.63) is 162 Å². The second kappa shape index (κ2) is 12.5. The van der Waals surface area contributed by atoms with Gasteiger partial charge in [-0.15, -0.1) is 0 Å². The van der Waals surface area contributed by atoms with E-state index in [9.17, 15) is 32.9 Å². The van der Waals surface area contributed by atoms with Crippen LogP contribution in [0, 0.1) is 10.1 Å². The highest BCUT2D eigenvalue weighted by Gasteiger charge is 2.34. The number of rotatable bonds is 9. The van der Waals surface area contributed by atoms with Crippen LogP contribution in [-0.4, -0.2) is 23.8 Å². The summed E-state index contributed by atoms with van der Waals surface area (Å²) in [6.07, 6.45) is -4.82. The molecule has 0 fully saturated rings. The second-order valence-corrected chi connectivity index (χ2v) is 9.77. The Bertz CT molecular complexity index is 1990. The largest absolute Gasteiger partial charge is 0.416 e. The van der Waals surface area contributed by atoms with E-state index in [1.807, 2.05) is 0 Å². The predicted molar refractivity (Wildman–Crippen MR) is 155 cm³/mol. The van der Waals surface area contributed by atoms with E-state index in [4.69, 9.17) is 0 Å². The van der Waals surface area contributed by atoms with Gasteiger partial charge in [-0.05, 0) is 23.8 Å². The number of hydrogen-bond donors (Lipinski definition) is 0. The van der Waals surface area contributed by atoms with Crippen LogP contribution in [0.4, 0.5) is 27.6 Å². The van der Waals surface area contributed by atoms with E-state index < -0.39 is 51.9 Å². The van der Waals surface area contributed by atoms with Crippen LogP contribution in [0.15, 0.2) is 107 Å². The van der Waals surface area contributed by atoms with Crippen molar-refractivity contribution in [3.8, 4) is 0 Å². The van der Waals surface area contributed by atoms with E-state index in [1.54, 1.807) is 12.1 Å². The van der Waals surface area contributed by atoms with E-state index in [0.29, 0.717) is 4.57 Å². The summed E-state index contributed by atoms with van der Waals surface area (Å²) in [5.74, 6) is 0. The number of benzene rings is 3. The van der Waals surface area contributed by atoms with Crippen LogP contribution < -0.4 is 11.2 Å². The number of nitro groups is 1. The lowest BCUT2D eigenvalue weighted by atomic mass is 10.1. The summed E-state index contributed by atoms with van der Waals surface area (Å²) in [5, 5.41) is 16.2. The lowest BCUT2D eigenvalue weighted by molar-refractivity contribution is -0.387. The Labute approximate surface area is 250 Å². The van der Waals surface area contributed by atoms with Gasteiger partial charge in [0.25, 0.3) is 0 Å². The normalized spacial score (nSPS) is 13.2. The van der Waals surface area contributed by atoms with Gasteiger partial charge in [0.1, 0.15) is 5.69 Å². The van der Waals surface area contributed by atoms with Gasteiger partial charge in [-0.2, -0.15) is 18.3 Å². The monoisotopic (exact) mass is 623 g/mol. The molecule has 0 bridgehead atoms. The Morgan fingerprint density at radius 2 is 1.38 bits per heavy atom. The summed E-state index contributed by atoms with van der Waals surface area (Å²) in [6.45, 7) is -0.275. The van der Waals surface area contributed by atoms with Crippen molar-refractivity contribution < 1.29 is 26.9 Å².